The van der Waals surface area contributed by atoms with E-state index < -0.39 is 0 Å². The monoisotopic (exact) mass is 277 g/mol. The minimum absolute atomic E-state index is 0.146. The predicted octanol–water partition coefficient (Wildman–Crippen LogP) is 2.52. The lowest BCUT2D eigenvalue weighted by Crippen LogP contribution is -2.29. The number of hydrogen-bond donors (Lipinski definition) is 0. The van der Waals surface area contributed by atoms with Gasteiger partial charge in [0.1, 0.15) is 5.78 Å². The average molecular weight is 277 g/mol. The van der Waals surface area contributed by atoms with Gasteiger partial charge in [-0.3, -0.25) is 9.78 Å². The summed E-state index contributed by atoms with van der Waals surface area (Å²) in [6.07, 6.45) is 5.30. The smallest absolute Gasteiger partial charge is 0.232 e. The van der Waals surface area contributed by atoms with Gasteiger partial charge < -0.3 is 4.52 Å². The van der Waals surface area contributed by atoms with Gasteiger partial charge in [0.15, 0.2) is 5.82 Å². The van der Waals surface area contributed by atoms with Crippen molar-refractivity contribution in [2.75, 3.05) is 0 Å². The van der Waals surface area contributed by atoms with Crippen molar-refractivity contribution in [1.29, 1.82) is 0 Å². The van der Waals surface area contributed by atoms with Gasteiger partial charge in [0.2, 0.25) is 5.89 Å². The van der Waals surface area contributed by atoms with Gasteiger partial charge in [-0.1, -0.05) is 12.1 Å². The first-order chi connectivity index (χ1) is 9.16. The van der Waals surface area contributed by atoms with E-state index in [9.17, 15) is 4.79 Å². The maximum Gasteiger partial charge on any atom is 0.232 e. The number of aromatic nitrogens is 3. The van der Waals surface area contributed by atoms with E-state index in [0.29, 0.717) is 36.8 Å². The zero-order valence-electron chi connectivity index (χ0n) is 10.8. The number of carbonyl (C=O) groups is 1. The van der Waals surface area contributed by atoms with Crippen LogP contribution in [-0.4, -0.2) is 20.9 Å². The molecule has 3 rings (SSSR count). The summed E-state index contributed by atoms with van der Waals surface area (Å²) in [5.41, 5.74) is 1.65. The number of Topliss-reactive ketones (excluding diaryl/α,β-unsaturated/α-hetero) is 1. The second kappa shape index (κ2) is 4.85. The molecule has 0 saturated heterocycles. The van der Waals surface area contributed by atoms with Gasteiger partial charge in [0.25, 0.3) is 0 Å². The van der Waals surface area contributed by atoms with Gasteiger partial charge in [0.05, 0.1) is 5.51 Å². The Morgan fingerprint density at radius 1 is 1.42 bits per heavy atom. The molecule has 5 nitrogen and oxygen atoms in total. The molecule has 19 heavy (non-hydrogen) atoms. The Balaban J connectivity index is 1.75. The molecule has 1 aliphatic carbocycles. The first-order valence-corrected chi connectivity index (χ1v) is 7.26. The Labute approximate surface area is 115 Å². The maximum atomic E-state index is 11.3. The van der Waals surface area contributed by atoms with Crippen LogP contribution in [0.1, 0.15) is 49.2 Å². The van der Waals surface area contributed by atoms with Gasteiger partial charge in [-0.2, -0.15) is 4.98 Å². The summed E-state index contributed by atoms with van der Waals surface area (Å²) in [6.45, 7) is 2.10. The third-order valence-electron chi connectivity index (χ3n) is 3.71. The van der Waals surface area contributed by atoms with Crippen molar-refractivity contribution in [3.05, 3.63) is 28.3 Å². The number of hydrogen-bond acceptors (Lipinski definition) is 6. The van der Waals surface area contributed by atoms with Crippen molar-refractivity contribution in [1.82, 2.24) is 15.1 Å². The molecule has 0 spiro atoms. The number of nitrogens with zero attached hydrogens (tertiary/aromatic N) is 3. The molecular weight excluding hydrogens is 262 g/mol. The molecule has 6 heteroatoms. The van der Waals surface area contributed by atoms with E-state index in [-0.39, 0.29) is 5.41 Å². The highest BCUT2D eigenvalue weighted by molar-refractivity contribution is 7.09. The standard InChI is InChI=1S/C13H15N3O2S/c1-13(4-2-9(17)3-5-13)12-15-11(16-18-12)6-10-7-14-8-19-10/h7-8H,2-6H2,1H3. The number of rotatable bonds is 3. The lowest BCUT2D eigenvalue weighted by Gasteiger charge is -2.28. The first kappa shape index (κ1) is 12.5. The lowest BCUT2D eigenvalue weighted by molar-refractivity contribution is -0.121. The summed E-state index contributed by atoms with van der Waals surface area (Å²) < 4.78 is 5.40. The number of ketones is 1. The zero-order chi connectivity index (χ0) is 13.3. The third-order valence-corrected chi connectivity index (χ3v) is 4.49. The Bertz CT molecular complexity index is 566. The van der Waals surface area contributed by atoms with Crippen molar-refractivity contribution in [3.63, 3.8) is 0 Å². The lowest BCUT2D eigenvalue weighted by atomic mass is 9.75. The van der Waals surface area contributed by atoms with Crippen molar-refractivity contribution >= 4 is 17.1 Å². The number of carbonyl (C=O) groups excluding carboxylic acids is 1. The SMILES string of the molecule is CC1(c2nc(Cc3cncs3)no2)CCC(=O)CC1. The Morgan fingerprint density at radius 2 is 2.21 bits per heavy atom. The van der Waals surface area contributed by atoms with Gasteiger partial charge >= 0.3 is 0 Å². The fraction of sp³-hybridized carbons (Fsp3) is 0.538. The molecule has 2 aromatic heterocycles. The molecule has 1 aliphatic rings. The summed E-state index contributed by atoms with van der Waals surface area (Å²) in [5.74, 6) is 1.69. The molecule has 0 aliphatic heterocycles. The molecule has 0 amide bonds. The topological polar surface area (TPSA) is 68.9 Å². The summed E-state index contributed by atoms with van der Waals surface area (Å²) in [7, 11) is 0. The molecule has 0 atom stereocenters. The van der Waals surface area contributed by atoms with Crippen LogP contribution in [0, 0.1) is 0 Å². The van der Waals surface area contributed by atoms with Gasteiger partial charge in [-0.05, 0) is 12.8 Å². The minimum atomic E-state index is -0.146. The van der Waals surface area contributed by atoms with Gasteiger partial charge in [-0.25, -0.2) is 0 Å². The molecule has 2 aromatic rings. The van der Waals surface area contributed by atoms with E-state index in [4.69, 9.17) is 4.52 Å². The van der Waals surface area contributed by atoms with Crippen LogP contribution in [0.25, 0.3) is 0 Å². The van der Waals surface area contributed by atoms with Crippen LogP contribution in [0.5, 0.6) is 0 Å². The zero-order valence-corrected chi connectivity index (χ0v) is 11.6. The average Bonchev–Trinajstić information content (AvgIpc) is 3.05. The molecule has 0 unspecified atom stereocenters. The first-order valence-electron chi connectivity index (χ1n) is 6.38. The molecule has 0 bridgehead atoms. The molecule has 0 aromatic carbocycles. The highest BCUT2D eigenvalue weighted by atomic mass is 32.1. The van der Waals surface area contributed by atoms with Crippen molar-refractivity contribution < 1.29 is 9.32 Å². The second-order valence-electron chi connectivity index (χ2n) is 5.26. The van der Waals surface area contributed by atoms with Crippen molar-refractivity contribution in [2.45, 2.75) is 44.4 Å². The molecular formula is C13H15N3O2S. The van der Waals surface area contributed by atoms with Gasteiger partial charge in [-0.15, -0.1) is 11.3 Å². The maximum absolute atomic E-state index is 11.3. The molecule has 2 heterocycles. The summed E-state index contributed by atoms with van der Waals surface area (Å²) in [4.78, 5) is 21.0. The molecule has 0 N–H and O–H groups in total. The second-order valence-corrected chi connectivity index (χ2v) is 6.23. The van der Waals surface area contributed by atoms with Crippen LogP contribution in [0.4, 0.5) is 0 Å². The Morgan fingerprint density at radius 3 is 2.89 bits per heavy atom. The highest BCUT2D eigenvalue weighted by Crippen LogP contribution is 2.36. The highest BCUT2D eigenvalue weighted by Gasteiger charge is 2.36. The predicted molar refractivity (Wildman–Crippen MR) is 70.0 cm³/mol. The molecule has 1 fully saturated rings. The summed E-state index contributed by atoms with van der Waals surface area (Å²) in [6, 6.07) is 0. The van der Waals surface area contributed by atoms with Crippen molar-refractivity contribution in [2.24, 2.45) is 0 Å². The Kier molecular flexibility index (Phi) is 3.18. The third kappa shape index (κ3) is 2.58. The van der Waals surface area contributed by atoms with Crippen LogP contribution in [-0.2, 0) is 16.6 Å². The number of thiazole rings is 1. The van der Waals surface area contributed by atoms with Crippen LogP contribution < -0.4 is 0 Å². The van der Waals surface area contributed by atoms with Crippen LogP contribution >= 0.6 is 11.3 Å². The van der Waals surface area contributed by atoms with E-state index >= 15 is 0 Å². The fourth-order valence-corrected chi connectivity index (χ4v) is 2.94. The molecule has 1 saturated carbocycles. The Hall–Kier alpha value is -1.56. The quantitative estimate of drug-likeness (QED) is 0.862. The van der Waals surface area contributed by atoms with Gasteiger partial charge in [0, 0.05) is 35.8 Å². The molecule has 0 radical (unpaired) electrons. The minimum Gasteiger partial charge on any atom is -0.339 e. The van der Waals surface area contributed by atoms with E-state index in [0.717, 1.165) is 17.7 Å². The van der Waals surface area contributed by atoms with E-state index in [1.807, 2.05) is 6.20 Å². The summed E-state index contributed by atoms with van der Waals surface area (Å²) >= 11 is 1.58. The summed E-state index contributed by atoms with van der Waals surface area (Å²) in [5, 5.41) is 4.04. The largest absolute Gasteiger partial charge is 0.339 e. The van der Waals surface area contributed by atoms with E-state index in [1.54, 1.807) is 16.8 Å². The van der Waals surface area contributed by atoms with Crippen LogP contribution in [0.15, 0.2) is 16.2 Å². The van der Waals surface area contributed by atoms with Crippen molar-refractivity contribution in [3.8, 4) is 0 Å². The van der Waals surface area contributed by atoms with E-state index in [2.05, 4.69) is 22.0 Å². The van der Waals surface area contributed by atoms with E-state index in [1.165, 1.54) is 0 Å². The van der Waals surface area contributed by atoms with Crippen LogP contribution in [0.2, 0.25) is 0 Å². The normalized spacial score (nSPS) is 18.7. The van der Waals surface area contributed by atoms with Crippen LogP contribution in [0.3, 0.4) is 0 Å². The molecule has 100 valence electrons. The fourth-order valence-electron chi connectivity index (χ4n) is 2.35.